The quantitative estimate of drug-likeness (QED) is 0.790. The lowest BCUT2D eigenvalue weighted by atomic mass is 9.93. The summed E-state index contributed by atoms with van der Waals surface area (Å²) in [5, 5.41) is 0. The van der Waals surface area contributed by atoms with Crippen molar-refractivity contribution >= 4 is 9.84 Å². The van der Waals surface area contributed by atoms with E-state index in [9.17, 15) is 8.42 Å². The molecule has 106 valence electrons. The van der Waals surface area contributed by atoms with Crippen molar-refractivity contribution in [3.63, 3.8) is 0 Å². The van der Waals surface area contributed by atoms with Gasteiger partial charge in [-0.2, -0.15) is 0 Å². The van der Waals surface area contributed by atoms with Crippen molar-refractivity contribution in [1.29, 1.82) is 0 Å². The number of sulfone groups is 1. The van der Waals surface area contributed by atoms with Crippen molar-refractivity contribution in [2.24, 2.45) is 0 Å². The Morgan fingerprint density at radius 2 is 2.00 bits per heavy atom. The third-order valence-corrected chi connectivity index (χ3v) is 4.85. The van der Waals surface area contributed by atoms with Gasteiger partial charge in [0.2, 0.25) is 0 Å². The minimum absolute atomic E-state index is 0.179. The van der Waals surface area contributed by atoms with Crippen LogP contribution in [0, 0.1) is 0 Å². The lowest BCUT2D eigenvalue weighted by Gasteiger charge is -2.43. The molecule has 2 saturated heterocycles. The predicted octanol–water partition coefficient (Wildman–Crippen LogP) is 2.28. The fourth-order valence-electron chi connectivity index (χ4n) is 2.91. The highest BCUT2D eigenvalue weighted by Gasteiger charge is 2.39. The average Bonchev–Trinajstić information content (AvgIpc) is 2.28. The summed E-state index contributed by atoms with van der Waals surface area (Å²) in [5.74, 6) is -0.0764. The van der Waals surface area contributed by atoms with Crippen LogP contribution in [-0.4, -0.2) is 38.9 Å². The summed E-state index contributed by atoms with van der Waals surface area (Å²) in [7, 11) is -2.85. The van der Waals surface area contributed by atoms with Crippen molar-refractivity contribution in [2.75, 3.05) is 18.6 Å². The summed E-state index contributed by atoms with van der Waals surface area (Å²) in [4.78, 5) is 0. The fourth-order valence-corrected chi connectivity index (χ4v) is 3.61. The van der Waals surface area contributed by atoms with Crippen molar-refractivity contribution in [3.05, 3.63) is 0 Å². The number of ether oxygens (including phenoxy) is 2. The SMILES string of the molecule is CS(=O)(=O)CCC[C@@H]1CCC[C@@]2(CCCCO2)O1. The molecule has 0 amide bonds. The summed E-state index contributed by atoms with van der Waals surface area (Å²) in [6.45, 7) is 0.802. The zero-order valence-electron chi connectivity index (χ0n) is 11.2. The van der Waals surface area contributed by atoms with Gasteiger partial charge < -0.3 is 9.47 Å². The molecule has 2 aliphatic heterocycles. The van der Waals surface area contributed by atoms with Gasteiger partial charge in [-0.15, -0.1) is 0 Å². The molecule has 4 nitrogen and oxygen atoms in total. The van der Waals surface area contributed by atoms with Crippen molar-refractivity contribution < 1.29 is 17.9 Å². The maximum absolute atomic E-state index is 11.1. The first-order chi connectivity index (χ1) is 8.49. The summed E-state index contributed by atoms with van der Waals surface area (Å²) in [6, 6.07) is 0. The van der Waals surface area contributed by atoms with Crippen molar-refractivity contribution in [3.8, 4) is 0 Å². The van der Waals surface area contributed by atoms with Crippen LogP contribution in [0.2, 0.25) is 0 Å². The monoisotopic (exact) mass is 276 g/mol. The topological polar surface area (TPSA) is 52.6 Å². The molecule has 18 heavy (non-hydrogen) atoms. The van der Waals surface area contributed by atoms with Crippen LogP contribution >= 0.6 is 0 Å². The largest absolute Gasteiger partial charge is 0.350 e. The fraction of sp³-hybridized carbons (Fsp3) is 1.00. The maximum Gasteiger partial charge on any atom is 0.168 e. The number of hydrogen-bond acceptors (Lipinski definition) is 4. The van der Waals surface area contributed by atoms with E-state index in [2.05, 4.69) is 0 Å². The van der Waals surface area contributed by atoms with Gasteiger partial charge >= 0.3 is 0 Å². The van der Waals surface area contributed by atoms with Crippen LogP contribution in [0.15, 0.2) is 0 Å². The van der Waals surface area contributed by atoms with Gasteiger partial charge in [0.15, 0.2) is 5.79 Å². The summed E-state index contributed by atoms with van der Waals surface area (Å²) in [5.41, 5.74) is 0. The molecule has 0 radical (unpaired) electrons. The first-order valence-corrected chi connectivity index (χ1v) is 9.05. The highest BCUT2D eigenvalue weighted by atomic mass is 32.2. The van der Waals surface area contributed by atoms with Crippen LogP contribution in [-0.2, 0) is 19.3 Å². The standard InChI is InChI=1S/C13H24O4S/c1-18(14,15)11-5-7-12-6-4-9-13(17-12)8-2-3-10-16-13/h12H,2-11H2,1H3/t12-,13+/m0/s1. The molecule has 0 bridgehead atoms. The summed E-state index contributed by atoms with van der Waals surface area (Å²) >= 11 is 0. The Morgan fingerprint density at radius 1 is 1.22 bits per heavy atom. The molecule has 0 aliphatic carbocycles. The lowest BCUT2D eigenvalue weighted by Crippen LogP contribution is -2.45. The Bertz CT molecular complexity index is 352. The van der Waals surface area contributed by atoms with Gasteiger partial charge in [-0.05, 0) is 38.5 Å². The van der Waals surface area contributed by atoms with Gasteiger partial charge in [-0.1, -0.05) is 0 Å². The Morgan fingerprint density at radius 3 is 2.67 bits per heavy atom. The smallest absolute Gasteiger partial charge is 0.168 e. The molecule has 0 aromatic heterocycles. The van der Waals surface area contributed by atoms with Gasteiger partial charge in [0.05, 0.1) is 12.7 Å². The van der Waals surface area contributed by atoms with Crippen LogP contribution in [0.3, 0.4) is 0 Å². The van der Waals surface area contributed by atoms with Gasteiger partial charge in [-0.3, -0.25) is 0 Å². The Balaban J connectivity index is 1.79. The maximum atomic E-state index is 11.1. The van der Waals surface area contributed by atoms with Crippen LogP contribution in [0.1, 0.15) is 51.4 Å². The second kappa shape index (κ2) is 5.88. The van der Waals surface area contributed by atoms with E-state index in [1.807, 2.05) is 0 Å². The third kappa shape index (κ3) is 4.21. The lowest BCUT2D eigenvalue weighted by molar-refractivity contribution is -0.295. The second-order valence-corrected chi connectivity index (χ2v) is 7.88. The van der Waals surface area contributed by atoms with Gasteiger partial charge in [0, 0.05) is 24.9 Å². The Labute approximate surface area is 110 Å². The van der Waals surface area contributed by atoms with Gasteiger partial charge in [0.25, 0.3) is 0 Å². The minimum Gasteiger partial charge on any atom is -0.350 e. The van der Waals surface area contributed by atoms with Crippen LogP contribution in [0.4, 0.5) is 0 Å². The van der Waals surface area contributed by atoms with E-state index in [1.165, 1.54) is 12.7 Å². The Kier molecular flexibility index (Phi) is 4.67. The summed E-state index contributed by atoms with van der Waals surface area (Å²) < 4.78 is 34.2. The molecule has 0 unspecified atom stereocenters. The van der Waals surface area contributed by atoms with E-state index in [4.69, 9.17) is 9.47 Å². The zero-order chi connectivity index (χ0) is 13.1. The van der Waals surface area contributed by atoms with E-state index < -0.39 is 9.84 Å². The number of hydrogen-bond donors (Lipinski definition) is 0. The molecule has 2 aliphatic rings. The van der Waals surface area contributed by atoms with E-state index in [-0.39, 0.29) is 17.6 Å². The molecule has 0 aromatic carbocycles. The van der Waals surface area contributed by atoms with Gasteiger partial charge in [-0.25, -0.2) is 8.42 Å². The predicted molar refractivity (Wildman–Crippen MR) is 70.2 cm³/mol. The first-order valence-electron chi connectivity index (χ1n) is 6.99. The molecule has 2 rings (SSSR count). The average molecular weight is 276 g/mol. The molecule has 2 fully saturated rings. The molecule has 1 spiro atoms. The minimum atomic E-state index is -2.85. The van der Waals surface area contributed by atoms with Crippen LogP contribution < -0.4 is 0 Å². The van der Waals surface area contributed by atoms with E-state index >= 15 is 0 Å². The molecule has 0 aromatic rings. The van der Waals surface area contributed by atoms with Crippen molar-refractivity contribution in [2.45, 2.75) is 63.3 Å². The molecule has 2 atom stereocenters. The van der Waals surface area contributed by atoms with Crippen molar-refractivity contribution in [1.82, 2.24) is 0 Å². The Hall–Kier alpha value is -0.130. The zero-order valence-corrected chi connectivity index (χ0v) is 12.0. The highest BCUT2D eigenvalue weighted by molar-refractivity contribution is 7.90. The normalized spacial score (nSPS) is 33.7. The second-order valence-electron chi connectivity index (χ2n) is 5.62. The molecule has 2 heterocycles. The summed E-state index contributed by atoms with van der Waals surface area (Å²) in [6.07, 6.45) is 9.46. The highest BCUT2D eigenvalue weighted by Crippen LogP contribution is 2.37. The van der Waals surface area contributed by atoms with E-state index in [1.54, 1.807) is 0 Å². The van der Waals surface area contributed by atoms with E-state index in [0.29, 0.717) is 6.42 Å². The molecule has 0 N–H and O–H groups in total. The van der Waals surface area contributed by atoms with E-state index in [0.717, 1.165) is 45.1 Å². The third-order valence-electron chi connectivity index (χ3n) is 3.82. The molecule has 0 saturated carbocycles. The molecular formula is C13H24O4S. The van der Waals surface area contributed by atoms with Crippen LogP contribution in [0.25, 0.3) is 0 Å². The first kappa shape index (κ1) is 14.3. The van der Waals surface area contributed by atoms with Crippen LogP contribution in [0.5, 0.6) is 0 Å². The molecule has 5 heteroatoms. The van der Waals surface area contributed by atoms with Gasteiger partial charge in [0.1, 0.15) is 9.84 Å². The molecular weight excluding hydrogens is 252 g/mol. The number of rotatable bonds is 4.